The number of hydrogen-bond donors (Lipinski definition) is 1. The summed E-state index contributed by atoms with van der Waals surface area (Å²) in [5.41, 5.74) is 4.51. The average Bonchev–Trinajstić information content (AvgIpc) is 3.09. The maximum absolute atomic E-state index is 13.5. The summed E-state index contributed by atoms with van der Waals surface area (Å²) in [6.07, 6.45) is 2.85. The number of nitrogens with one attached hydrogen (secondary N) is 1. The van der Waals surface area contributed by atoms with Gasteiger partial charge in [-0.25, -0.2) is 13.9 Å². The van der Waals surface area contributed by atoms with E-state index >= 15 is 0 Å². The molecule has 2 aromatic heterocycles. The van der Waals surface area contributed by atoms with Gasteiger partial charge in [0, 0.05) is 37.6 Å². The van der Waals surface area contributed by atoms with Crippen LogP contribution in [0.15, 0.2) is 30.5 Å². The van der Waals surface area contributed by atoms with Crippen molar-refractivity contribution in [2.24, 2.45) is 0 Å². The van der Waals surface area contributed by atoms with E-state index in [-0.39, 0.29) is 11.7 Å². The lowest BCUT2D eigenvalue weighted by Crippen LogP contribution is -2.25. The Hall–Kier alpha value is -2.80. The molecule has 1 amide bonds. The second-order valence-corrected chi connectivity index (χ2v) is 6.67. The maximum atomic E-state index is 13.5. The molecule has 0 fully saturated rings. The molecule has 0 aliphatic heterocycles. The van der Waals surface area contributed by atoms with E-state index in [2.05, 4.69) is 15.4 Å². The maximum Gasteiger partial charge on any atom is 0.256 e. The number of benzene rings is 1. The zero-order valence-corrected chi connectivity index (χ0v) is 16.5. The van der Waals surface area contributed by atoms with Crippen LogP contribution < -0.4 is 5.32 Å². The summed E-state index contributed by atoms with van der Waals surface area (Å²) >= 11 is 0. The molecule has 3 rings (SSSR count). The third-order valence-electron chi connectivity index (χ3n) is 4.68. The van der Waals surface area contributed by atoms with Gasteiger partial charge in [0.15, 0.2) is 5.65 Å². The molecule has 0 atom stereocenters. The molecule has 0 aliphatic carbocycles. The summed E-state index contributed by atoms with van der Waals surface area (Å²) in [5, 5.41) is 7.23. The average molecular weight is 384 g/mol. The van der Waals surface area contributed by atoms with Crippen molar-refractivity contribution in [3.63, 3.8) is 0 Å². The number of carbonyl (C=O) groups excluding carboxylic acids is 1. The highest BCUT2D eigenvalue weighted by Gasteiger charge is 2.18. The summed E-state index contributed by atoms with van der Waals surface area (Å²) < 4.78 is 20.5. The predicted molar refractivity (Wildman–Crippen MR) is 105 cm³/mol. The highest BCUT2D eigenvalue weighted by atomic mass is 19.1. The van der Waals surface area contributed by atoms with Gasteiger partial charge in [0.1, 0.15) is 11.4 Å². The molecule has 148 valence electrons. The Labute approximate surface area is 163 Å². The van der Waals surface area contributed by atoms with Crippen molar-refractivity contribution in [2.45, 2.75) is 33.6 Å². The molecule has 0 radical (unpaired) electrons. The zero-order valence-electron chi connectivity index (χ0n) is 16.5. The van der Waals surface area contributed by atoms with Crippen molar-refractivity contribution < 1.29 is 13.9 Å². The highest BCUT2D eigenvalue weighted by molar-refractivity contribution is 5.99. The number of halogens is 1. The molecule has 0 saturated carbocycles. The Kier molecular flexibility index (Phi) is 6.36. The molecule has 0 saturated heterocycles. The summed E-state index contributed by atoms with van der Waals surface area (Å²) in [6.45, 7) is 7.60. The second kappa shape index (κ2) is 8.93. The lowest BCUT2D eigenvalue weighted by atomic mass is 10.0. The SMILES string of the molecule is CCOCCCNC(=O)c1cnn2c(C)c(Cc3cccc(F)c3)c(C)nc12. The van der Waals surface area contributed by atoms with Crippen LogP contribution in [0.4, 0.5) is 4.39 Å². The topological polar surface area (TPSA) is 68.5 Å². The molecule has 6 nitrogen and oxygen atoms in total. The summed E-state index contributed by atoms with van der Waals surface area (Å²) in [4.78, 5) is 17.1. The van der Waals surface area contributed by atoms with Gasteiger partial charge in [-0.1, -0.05) is 12.1 Å². The highest BCUT2D eigenvalue weighted by Crippen LogP contribution is 2.20. The number of aromatic nitrogens is 3. The van der Waals surface area contributed by atoms with Gasteiger partial charge < -0.3 is 10.1 Å². The van der Waals surface area contributed by atoms with Crippen LogP contribution in [0, 0.1) is 19.7 Å². The van der Waals surface area contributed by atoms with Crippen LogP contribution in [0.1, 0.15) is 46.2 Å². The van der Waals surface area contributed by atoms with Crippen molar-refractivity contribution in [1.82, 2.24) is 19.9 Å². The molecule has 1 N–H and O–H groups in total. The lowest BCUT2D eigenvalue weighted by molar-refractivity contribution is 0.0945. The quantitative estimate of drug-likeness (QED) is 0.606. The molecule has 0 unspecified atom stereocenters. The van der Waals surface area contributed by atoms with Gasteiger partial charge >= 0.3 is 0 Å². The Morgan fingerprint density at radius 3 is 2.89 bits per heavy atom. The third-order valence-corrected chi connectivity index (χ3v) is 4.68. The number of hydrogen-bond acceptors (Lipinski definition) is 4. The molecule has 1 aromatic carbocycles. The smallest absolute Gasteiger partial charge is 0.256 e. The Morgan fingerprint density at radius 2 is 2.14 bits per heavy atom. The number of nitrogens with zero attached hydrogens (tertiary/aromatic N) is 3. The van der Waals surface area contributed by atoms with E-state index in [4.69, 9.17) is 4.74 Å². The van der Waals surface area contributed by atoms with E-state index < -0.39 is 0 Å². The number of amides is 1. The van der Waals surface area contributed by atoms with Crippen LogP contribution in [0.2, 0.25) is 0 Å². The molecule has 0 aliphatic rings. The van der Waals surface area contributed by atoms with Gasteiger partial charge in [-0.2, -0.15) is 5.10 Å². The molecular formula is C21H25FN4O2. The van der Waals surface area contributed by atoms with Crippen LogP contribution in [0.25, 0.3) is 5.65 Å². The molecule has 0 bridgehead atoms. The van der Waals surface area contributed by atoms with Gasteiger partial charge in [0.2, 0.25) is 0 Å². The van der Waals surface area contributed by atoms with Gasteiger partial charge in [-0.3, -0.25) is 4.79 Å². The van der Waals surface area contributed by atoms with Gasteiger partial charge in [0.25, 0.3) is 5.91 Å². The third kappa shape index (κ3) is 4.36. The molecule has 0 spiro atoms. The minimum absolute atomic E-state index is 0.198. The van der Waals surface area contributed by atoms with Crippen LogP contribution in [0.3, 0.4) is 0 Å². The largest absolute Gasteiger partial charge is 0.382 e. The first kappa shape index (κ1) is 19.9. The fourth-order valence-electron chi connectivity index (χ4n) is 3.19. The fourth-order valence-corrected chi connectivity index (χ4v) is 3.19. The molecular weight excluding hydrogens is 359 g/mol. The monoisotopic (exact) mass is 384 g/mol. The fraction of sp³-hybridized carbons (Fsp3) is 0.381. The normalized spacial score (nSPS) is 11.1. The van der Waals surface area contributed by atoms with Crippen LogP contribution in [-0.2, 0) is 11.2 Å². The number of aryl methyl sites for hydroxylation is 2. The van der Waals surface area contributed by atoms with Gasteiger partial charge in [-0.05, 0) is 50.5 Å². The van der Waals surface area contributed by atoms with Gasteiger partial charge in [-0.15, -0.1) is 0 Å². The van der Waals surface area contributed by atoms with Crippen LogP contribution in [-0.4, -0.2) is 40.3 Å². The zero-order chi connectivity index (χ0) is 20.1. The van der Waals surface area contributed by atoms with E-state index in [1.165, 1.54) is 12.1 Å². The van der Waals surface area contributed by atoms with E-state index in [0.717, 1.165) is 28.9 Å². The van der Waals surface area contributed by atoms with E-state index in [0.29, 0.717) is 37.4 Å². The van der Waals surface area contributed by atoms with Crippen molar-refractivity contribution in [1.29, 1.82) is 0 Å². The van der Waals surface area contributed by atoms with Crippen molar-refractivity contribution in [3.05, 3.63) is 64.4 Å². The van der Waals surface area contributed by atoms with Crippen molar-refractivity contribution in [3.8, 4) is 0 Å². The minimum atomic E-state index is -0.260. The molecule has 28 heavy (non-hydrogen) atoms. The lowest BCUT2D eigenvalue weighted by Gasteiger charge is -2.12. The summed E-state index contributed by atoms with van der Waals surface area (Å²) in [7, 11) is 0. The Morgan fingerprint density at radius 1 is 1.32 bits per heavy atom. The first-order chi connectivity index (χ1) is 13.5. The number of carbonyl (C=O) groups is 1. The predicted octanol–water partition coefficient (Wildman–Crippen LogP) is 3.23. The molecule has 2 heterocycles. The summed E-state index contributed by atoms with van der Waals surface area (Å²) in [5.74, 6) is -0.458. The van der Waals surface area contributed by atoms with Crippen molar-refractivity contribution in [2.75, 3.05) is 19.8 Å². The standard InChI is InChI=1S/C21H25FN4O2/c1-4-28-10-6-9-23-21(27)19-13-24-26-15(3)18(14(2)25-20(19)26)12-16-7-5-8-17(22)11-16/h5,7-8,11,13H,4,6,9-10,12H2,1-3H3,(H,23,27). The molecule has 7 heteroatoms. The Balaban J connectivity index is 1.82. The molecule has 3 aromatic rings. The first-order valence-electron chi connectivity index (χ1n) is 9.45. The van der Waals surface area contributed by atoms with Crippen molar-refractivity contribution >= 4 is 11.6 Å². The Bertz CT molecular complexity index is 984. The number of ether oxygens (including phenoxy) is 1. The van der Waals surface area contributed by atoms with Crippen LogP contribution >= 0.6 is 0 Å². The van der Waals surface area contributed by atoms with Crippen LogP contribution in [0.5, 0.6) is 0 Å². The minimum Gasteiger partial charge on any atom is -0.382 e. The van der Waals surface area contributed by atoms with E-state index in [9.17, 15) is 9.18 Å². The van der Waals surface area contributed by atoms with E-state index in [1.54, 1.807) is 16.8 Å². The van der Waals surface area contributed by atoms with Gasteiger partial charge in [0.05, 0.1) is 6.20 Å². The summed E-state index contributed by atoms with van der Waals surface area (Å²) in [6, 6.07) is 6.53. The number of fused-ring (bicyclic) bond motifs is 1. The van der Waals surface area contributed by atoms with E-state index in [1.807, 2.05) is 26.8 Å². The number of rotatable bonds is 8. The first-order valence-corrected chi connectivity index (χ1v) is 9.45. The second-order valence-electron chi connectivity index (χ2n) is 6.67.